The Kier molecular flexibility index (Phi) is 7.28. The molecule has 0 aliphatic heterocycles. The first-order valence-electron chi connectivity index (χ1n) is 3.51. The van der Waals surface area contributed by atoms with Crippen molar-refractivity contribution in [2.24, 2.45) is 0 Å². The largest absolute Gasteiger partial charge is 0.400 e. The average molecular weight is 164 g/mol. The van der Waals surface area contributed by atoms with E-state index >= 15 is 0 Å². The molecule has 0 amide bonds. The normalized spacial score (nSPS) is 10.8. The maximum atomic E-state index is 8.46. The third-order valence-corrected chi connectivity index (χ3v) is 3.30. The maximum Gasteiger partial charge on any atom is 0.320 e. The van der Waals surface area contributed by atoms with Crippen molar-refractivity contribution in [1.29, 1.82) is 0 Å². The molecule has 0 aromatic heterocycles. The lowest BCUT2D eigenvalue weighted by Crippen LogP contribution is -2.18. The highest BCUT2D eigenvalue weighted by atomic mass is 28.3. The molecule has 0 saturated carbocycles. The van der Waals surface area contributed by atoms with Crippen LogP contribution in [-0.4, -0.2) is 35.2 Å². The maximum absolute atomic E-state index is 8.46. The van der Waals surface area contributed by atoms with Gasteiger partial charge in [-0.2, -0.15) is 0 Å². The van der Waals surface area contributed by atoms with E-state index in [0.717, 1.165) is 18.9 Å². The summed E-state index contributed by atoms with van der Waals surface area (Å²) in [6.45, 7) is 0.272. The number of rotatable bonds is 6. The molecule has 0 aliphatic carbocycles. The van der Waals surface area contributed by atoms with E-state index in [1.165, 1.54) is 0 Å². The van der Waals surface area contributed by atoms with Crippen LogP contribution in [-0.2, 0) is 8.85 Å². The lowest BCUT2D eigenvalue weighted by molar-refractivity contribution is 0.266. The molecule has 0 rings (SSSR count). The second kappa shape index (κ2) is 7.21. The SMILES string of the molecule is CO[SiH](CCCCO)OC. The quantitative estimate of drug-likeness (QED) is 0.452. The third-order valence-electron chi connectivity index (χ3n) is 1.37. The van der Waals surface area contributed by atoms with Crippen LogP contribution in [0.5, 0.6) is 0 Å². The van der Waals surface area contributed by atoms with Crippen LogP contribution in [0.3, 0.4) is 0 Å². The molecule has 0 bridgehead atoms. The predicted octanol–water partition coefficient (Wildman–Crippen LogP) is 0.272. The van der Waals surface area contributed by atoms with Gasteiger partial charge in [0, 0.05) is 20.8 Å². The standard InChI is InChI=1S/C6H16O3Si/c1-8-10(9-2)6-4-3-5-7/h7,10H,3-6H2,1-2H3. The van der Waals surface area contributed by atoms with E-state index in [4.69, 9.17) is 14.0 Å². The van der Waals surface area contributed by atoms with Gasteiger partial charge in [0.15, 0.2) is 0 Å². The molecular formula is C6H16O3Si. The molecule has 0 atom stereocenters. The van der Waals surface area contributed by atoms with Crippen LogP contribution >= 0.6 is 0 Å². The minimum atomic E-state index is -1.33. The van der Waals surface area contributed by atoms with Crippen molar-refractivity contribution in [2.75, 3.05) is 20.8 Å². The van der Waals surface area contributed by atoms with Crippen LogP contribution in [0.1, 0.15) is 12.8 Å². The van der Waals surface area contributed by atoms with Gasteiger partial charge in [-0.15, -0.1) is 0 Å². The summed E-state index contributed by atoms with van der Waals surface area (Å²) in [7, 11) is 2.02. The highest BCUT2D eigenvalue weighted by molar-refractivity contribution is 6.44. The Bertz CT molecular complexity index is 66.0. The van der Waals surface area contributed by atoms with Gasteiger partial charge >= 0.3 is 9.28 Å². The van der Waals surface area contributed by atoms with Gasteiger partial charge in [0.1, 0.15) is 0 Å². The molecule has 0 unspecified atom stereocenters. The molecule has 62 valence electrons. The molecule has 1 N–H and O–H groups in total. The van der Waals surface area contributed by atoms with Gasteiger partial charge in [0.2, 0.25) is 0 Å². The van der Waals surface area contributed by atoms with E-state index in [-0.39, 0.29) is 6.61 Å². The average Bonchev–Trinajstić information content (AvgIpc) is 1.99. The molecule has 0 spiro atoms. The van der Waals surface area contributed by atoms with Gasteiger partial charge in [0.05, 0.1) is 0 Å². The Morgan fingerprint density at radius 1 is 1.20 bits per heavy atom. The zero-order valence-corrected chi connectivity index (χ0v) is 7.82. The first kappa shape index (κ1) is 10.1. The van der Waals surface area contributed by atoms with Gasteiger partial charge in [-0.05, 0) is 18.9 Å². The molecule has 0 fully saturated rings. The van der Waals surface area contributed by atoms with Crippen molar-refractivity contribution in [2.45, 2.75) is 18.9 Å². The minimum absolute atomic E-state index is 0.272. The summed E-state index contributed by atoms with van der Waals surface area (Å²) in [6, 6.07) is 0.994. The molecule has 3 nitrogen and oxygen atoms in total. The number of aliphatic hydroxyl groups excluding tert-OH is 1. The minimum Gasteiger partial charge on any atom is -0.400 e. The molecule has 0 aliphatic rings. The van der Waals surface area contributed by atoms with E-state index in [0.29, 0.717) is 0 Å². The molecule has 0 heterocycles. The lowest BCUT2D eigenvalue weighted by Gasteiger charge is -2.09. The smallest absolute Gasteiger partial charge is 0.320 e. The van der Waals surface area contributed by atoms with Crippen molar-refractivity contribution in [1.82, 2.24) is 0 Å². The summed E-state index contributed by atoms with van der Waals surface area (Å²) >= 11 is 0. The summed E-state index contributed by atoms with van der Waals surface area (Å²) < 4.78 is 10.2. The Morgan fingerprint density at radius 2 is 1.80 bits per heavy atom. The molecule has 10 heavy (non-hydrogen) atoms. The summed E-state index contributed by atoms with van der Waals surface area (Å²) in [5, 5.41) is 8.46. The number of unbranched alkanes of at least 4 members (excludes halogenated alkanes) is 1. The fourth-order valence-corrected chi connectivity index (χ4v) is 2.04. The topological polar surface area (TPSA) is 38.7 Å². The molecule has 0 aromatic rings. The second-order valence-corrected chi connectivity index (χ2v) is 4.50. The Labute approximate surface area is 63.8 Å². The molecule has 0 radical (unpaired) electrons. The van der Waals surface area contributed by atoms with Crippen LogP contribution in [0, 0.1) is 0 Å². The van der Waals surface area contributed by atoms with Gasteiger partial charge in [-0.3, -0.25) is 0 Å². The molecule has 0 saturated heterocycles. The highest BCUT2D eigenvalue weighted by Gasteiger charge is 2.07. The van der Waals surface area contributed by atoms with Crippen molar-refractivity contribution in [3.05, 3.63) is 0 Å². The van der Waals surface area contributed by atoms with Crippen molar-refractivity contribution in [3.63, 3.8) is 0 Å². The number of hydrogen-bond donors (Lipinski definition) is 1. The fourth-order valence-electron chi connectivity index (χ4n) is 0.755. The van der Waals surface area contributed by atoms with Crippen LogP contribution in [0.4, 0.5) is 0 Å². The van der Waals surface area contributed by atoms with Crippen LogP contribution < -0.4 is 0 Å². The first-order valence-corrected chi connectivity index (χ1v) is 5.27. The summed E-state index contributed by atoms with van der Waals surface area (Å²) in [4.78, 5) is 0. The van der Waals surface area contributed by atoms with Crippen LogP contribution in [0.15, 0.2) is 0 Å². The Hall–Kier alpha value is 0.0969. The Balaban J connectivity index is 3.09. The van der Waals surface area contributed by atoms with Crippen molar-refractivity contribution in [3.8, 4) is 0 Å². The molecule has 0 aromatic carbocycles. The van der Waals surface area contributed by atoms with E-state index in [1.54, 1.807) is 14.2 Å². The molecule has 4 heteroatoms. The summed E-state index contributed by atoms with van der Waals surface area (Å²) in [5.74, 6) is 0. The predicted molar refractivity (Wildman–Crippen MR) is 42.3 cm³/mol. The van der Waals surface area contributed by atoms with Gasteiger partial charge in [-0.25, -0.2) is 0 Å². The van der Waals surface area contributed by atoms with Gasteiger partial charge in [0.25, 0.3) is 0 Å². The first-order chi connectivity index (χ1) is 4.85. The Morgan fingerprint density at radius 3 is 2.20 bits per heavy atom. The van der Waals surface area contributed by atoms with Crippen molar-refractivity contribution >= 4 is 9.28 Å². The zero-order chi connectivity index (χ0) is 7.82. The van der Waals surface area contributed by atoms with Gasteiger partial charge in [-0.1, -0.05) is 0 Å². The lowest BCUT2D eigenvalue weighted by atomic mass is 10.4. The second-order valence-electron chi connectivity index (χ2n) is 2.12. The highest BCUT2D eigenvalue weighted by Crippen LogP contribution is 2.01. The van der Waals surface area contributed by atoms with Crippen LogP contribution in [0.2, 0.25) is 6.04 Å². The van der Waals surface area contributed by atoms with E-state index in [1.807, 2.05) is 0 Å². The van der Waals surface area contributed by atoms with E-state index in [2.05, 4.69) is 0 Å². The summed E-state index contributed by atoms with van der Waals surface area (Å²) in [6.07, 6.45) is 1.87. The number of aliphatic hydroxyl groups is 1. The fraction of sp³-hybridized carbons (Fsp3) is 1.00. The van der Waals surface area contributed by atoms with Gasteiger partial charge < -0.3 is 14.0 Å². The third kappa shape index (κ3) is 4.93. The zero-order valence-electron chi connectivity index (χ0n) is 6.67. The van der Waals surface area contributed by atoms with Crippen molar-refractivity contribution < 1.29 is 14.0 Å². The molecular weight excluding hydrogens is 148 g/mol. The monoisotopic (exact) mass is 164 g/mol. The summed E-state index contributed by atoms with van der Waals surface area (Å²) in [5.41, 5.74) is 0. The van der Waals surface area contributed by atoms with E-state index < -0.39 is 9.28 Å². The van der Waals surface area contributed by atoms with Crippen LogP contribution in [0.25, 0.3) is 0 Å². The van der Waals surface area contributed by atoms with E-state index in [9.17, 15) is 0 Å². The number of hydrogen-bond acceptors (Lipinski definition) is 3.